The number of amides is 1. The van der Waals surface area contributed by atoms with Gasteiger partial charge in [-0.3, -0.25) is 4.79 Å². The van der Waals surface area contributed by atoms with Crippen LogP contribution in [0.2, 0.25) is 0 Å². The Kier molecular flexibility index (Phi) is 8.10. The van der Waals surface area contributed by atoms with Gasteiger partial charge in [0.2, 0.25) is 0 Å². The van der Waals surface area contributed by atoms with Crippen molar-refractivity contribution in [2.75, 3.05) is 14.1 Å². The average Bonchev–Trinajstić information content (AvgIpc) is 3.30. The van der Waals surface area contributed by atoms with E-state index in [1.165, 1.54) is 21.9 Å². The minimum Gasteiger partial charge on any atom is -0.477 e. The van der Waals surface area contributed by atoms with Crippen LogP contribution in [0, 0.1) is 27.7 Å². The monoisotopic (exact) mass is 455 g/mol. The van der Waals surface area contributed by atoms with E-state index in [1.807, 2.05) is 6.92 Å². The Labute approximate surface area is 191 Å². The Bertz CT molecular complexity index is 1290. The lowest BCUT2D eigenvalue weighted by atomic mass is 10.3. The molecule has 4 rings (SSSR count). The lowest BCUT2D eigenvalue weighted by molar-refractivity contribution is 0.0690. The van der Waals surface area contributed by atoms with Crippen LogP contribution in [-0.4, -0.2) is 75.1 Å². The van der Waals surface area contributed by atoms with Crippen LogP contribution < -0.4 is 0 Å². The van der Waals surface area contributed by atoms with Crippen LogP contribution in [0.5, 0.6) is 0 Å². The fourth-order valence-electron chi connectivity index (χ4n) is 2.67. The second kappa shape index (κ2) is 10.6. The summed E-state index contributed by atoms with van der Waals surface area (Å²) in [5.74, 6) is 0.804. The Hall–Kier alpha value is -3.96. The molecule has 4 heterocycles. The Morgan fingerprint density at radius 1 is 0.818 bits per heavy atom. The number of nitrogens with zero attached hydrogens (tertiary/aromatic N) is 9. The number of carbonyl (C=O) groups excluding carboxylic acids is 1. The summed E-state index contributed by atoms with van der Waals surface area (Å²) in [6, 6.07) is 3.17. The molecule has 1 N–H and O–H groups in total. The summed E-state index contributed by atoms with van der Waals surface area (Å²) in [7, 11) is 3.39. The van der Waals surface area contributed by atoms with E-state index in [4.69, 9.17) is 5.11 Å². The van der Waals surface area contributed by atoms with Crippen LogP contribution in [0.25, 0.3) is 11.6 Å². The molecular weight excluding hydrogens is 426 g/mol. The maximum atomic E-state index is 11.8. The maximum absolute atomic E-state index is 11.8. The minimum atomic E-state index is -1.06. The highest BCUT2D eigenvalue weighted by molar-refractivity contribution is 5.92. The van der Waals surface area contributed by atoms with Gasteiger partial charge in [-0.2, -0.15) is 20.2 Å². The normalized spacial score (nSPS) is 10.3. The number of hydrogen-bond donors (Lipinski definition) is 1. The molecule has 0 saturated heterocycles. The molecule has 0 spiro atoms. The topological polar surface area (TPSA) is 144 Å². The van der Waals surface area contributed by atoms with Crippen LogP contribution in [0.3, 0.4) is 0 Å². The molecule has 0 atom stereocenters. The first-order valence-corrected chi connectivity index (χ1v) is 10.3. The third-order valence-corrected chi connectivity index (χ3v) is 4.04. The van der Waals surface area contributed by atoms with Gasteiger partial charge in [0.15, 0.2) is 5.69 Å². The van der Waals surface area contributed by atoms with Crippen molar-refractivity contribution in [1.82, 2.24) is 44.1 Å². The summed E-state index contributed by atoms with van der Waals surface area (Å²) in [5.41, 5.74) is 1.92. The number of aromatic carboxylic acids is 1. The third-order valence-electron chi connectivity index (χ3n) is 4.04. The van der Waals surface area contributed by atoms with Gasteiger partial charge in [0.1, 0.15) is 17.3 Å². The maximum Gasteiger partial charge on any atom is 0.354 e. The van der Waals surface area contributed by atoms with E-state index in [1.54, 1.807) is 45.4 Å². The van der Waals surface area contributed by atoms with Gasteiger partial charge in [0.05, 0.1) is 0 Å². The number of hydrogen-bond acceptors (Lipinski definition) is 8. The molecule has 0 bridgehead atoms. The number of carbonyl (C=O) groups is 2. The fraction of sp³-hybridized carbons (Fsp3) is 0.429. The van der Waals surface area contributed by atoms with Crippen LogP contribution in [-0.2, 0) is 0 Å². The predicted octanol–water partition coefficient (Wildman–Crippen LogP) is 2.30. The number of rotatable bonds is 2. The van der Waals surface area contributed by atoms with Crippen molar-refractivity contribution in [3.05, 3.63) is 46.6 Å². The van der Waals surface area contributed by atoms with Gasteiger partial charge in [-0.15, -0.1) is 0 Å². The Morgan fingerprint density at radius 3 is 1.61 bits per heavy atom. The second-order valence-corrected chi connectivity index (χ2v) is 7.52. The van der Waals surface area contributed by atoms with Gasteiger partial charge in [-0.05, 0) is 39.8 Å². The van der Waals surface area contributed by atoms with Crippen molar-refractivity contribution in [1.29, 1.82) is 0 Å². The molecule has 4 aromatic rings. The minimum absolute atomic E-state index is 0.0117. The van der Waals surface area contributed by atoms with E-state index in [0.717, 1.165) is 5.69 Å². The van der Waals surface area contributed by atoms with Crippen molar-refractivity contribution in [2.24, 2.45) is 0 Å². The van der Waals surface area contributed by atoms with Gasteiger partial charge >= 0.3 is 5.97 Å². The first kappa shape index (κ1) is 25.3. The van der Waals surface area contributed by atoms with E-state index in [-0.39, 0.29) is 11.6 Å². The number of carboxylic acids is 1. The molecule has 1 amide bonds. The fourth-order valence-corrected chi connectivity index (χ4v) is 2.67. The molecule has 12 nitrogen and oxygen atoms in total. The van der Waals surface area contributed by atoms with Gasteiger partial charge in [0.25, 0.3) is 17.5 Å². The highest BCUT2D eigenvalue weighted by Crippen LogP contribution is 2.07. The van der Waals surface area contributed by atoms with Gasteiger partial charge in [-0.25, -0.2) is 23.8 Å². The molecule has 0 aliphatic carbocycles. The van der Waals surface area contributed by atoms with Crippen molar-refractivity contribution in [2.45, 2.75) is 48.0 Å². The predicted molar refractivity (Wildman–Crippen MR) is 121 cm³/mol. The smallest absolute Gasteiger partial charge is 0.354 e. The van der Waals surface area contributed by atoms with E-state index in [2.05, 4.69) is 44.0 Å². The van der Waals surface area contributed by atoms with Gasteiger partial charge < -0.3 is 10.0 Å². The molecule has 0 aliphatic rings. The molecule has 0 aliphatic heterocycles. The van der Waals surface area contributed by atoms with Crippen molar-refractivity contribution < 1.29 is 14.7 Å². The molecule has 0 unspecified atom stereocenters. The highest BCUT2D eigenvalue weighted by atomic mass is 16.4. The molecule has 0 saturated carbocycles. The molecule has 0 aromatic carbocycles. The van der Waals surface area contributed by atoms with Crippen molar-refractivity contribution in [3.8, 4) is 0 Å². The summed E-state index contributed by atoms with van der Waals surface area (Å²) in [4.78, 5) is 40.1. The van der Waals surface area contributed by atoms with Crippen molar-refractivity contribution >= 4 is 23.4 Å². The first-order chi connectivity index (χ1) is 15.5. The summed E-state index contributed by atoms with van der Waals surface area (Å²) >= 11 is 0. The number of carboxylic acid groups (broad SMARTS) is 1. The van der Waals surface area contributed by atoms with Crippen LogP contribution in [0.1, 0.15) is 64.3 Å². The summed E-state index contributed by atoms with van der Waals surface area (Å²) < 4.78 is 3.14. The van der Waals surface area contributed by atoms with Crippen molar-refractivity contribution in [3.63, 3.8) is 0 Å². The average molecular weight is 456 g/mol. The zero-order valence-electron chi connectivity index (χ0n) is 20.2. The summed E-state index contributed by atoms with van der Waals surface area (Å²) in [6.45, 7) is 11.4. The van der Waals surface area contributed by atoms with Gasteiger partial charge in [0, 0.05) is 25.5 Å². The van der Waals surface area contributed by atoms with E-state index in [0.29, 0.717) is 34.6 Å². The SMILES string of the molecule is CCC.Cc1nc2nc(C(=O)N(C)C)cc(C)n2n1.Cc1nc2nc(C(=O)O)cc(C)n2n1. The van der Waals surface area contributed by atoms with E-state index in [9.17, 15) is 9.59 Å². The Morgan fingerprint density at radius 2 is 1.21 bits per heavy atom. The van der Waals surface area contributed by atoms with Crippen LogP contribution >= 0.6 is 0 Å². The molecule has 0 radical (unpaired) electrons. The third kappa shape index (κ3) is 6.05. The second-order valence-electron chi connectivity index (χ2n) is 7.52. The first-order valence-electron chi connectivity index (χ1n) is 10.3. The molecule has 0 fully saturated rings. The summed E-state index contributed by atoms with van der Waals surface area (Å²) in [6.07, 6.45) is 1.25. The van der Waals surface area contributed by atoms with E-state index >= 15 is 0 Å². The number of fused-ring (bicyclic) bond motifs is 2. The molecule has 4 aromatic heterocycles. The zero-order chi connectivity index (χ0) is 24.9. The Balaban J connectivity index is 0.000000210. The zero-order valence-corrected chi connectivity index (χ0v) is 20.2. The molecule has 176 valence electrons. The largest absolute Gasteiger partial charge is 0.477 e. The molecule has 12 heteroatoms. The van der Waals surface area contributed by atoms with Crippen LogP contribution in [0.15, 0.2) is 12.1 Å². The van der Waals surface area contributed by atoms with E-state index < -0.39 is 5.97 Å². The lowest BCUT2D eigenvalue weighted by Gasteiger charge is -2.09. The standard InChI is InChI=1S/C10H13N5O.C8H8N4O2.C3H8/c1-6-5-8(9(16)14(3)4)12-10-11-7(2)13-15(6)10;1-4-3-6(7(13)14)10-8-9-5(2)11-12(4)8;1-3-2/h5H,1-4H3;3H,1-2H3,(H,13,14);3H2,1-2H3. The number of aromatic nitrogens is 8. The van der Waals surface area contributed by atoms with Gasteiger partial charge in [-0.1, -0.05) is 20.3 Å². The molecular formula is C21H29N9O3. The highest BCUT2D eigenvalue weighted by Gasteiger charge is 2.14. The van der Waals surface area contributed by atoms with Crippen LogP contribution in [0.4, 0.5) is 0 Å². The summed E-state index contributed by atoms with van der Waals surface area (Å²) in [5, 5.41) is 17.0. The number of aryl methyl sites for hydroxylation is 4. The molecule has 33 heavy (non-hydrogen) atoms. The quantitative estimate of drug-likeness (QED) is 0.481. The lowest BCUT2D eigenvalue weighted by Crippen LogP contribution is -2.23.